The standard InChI is InChI=1S/C24H24N4O4/c1-18-7-6-8-19(17-18)32-23-12-5-2-9-20(23)25-24(29)27-15-13-26(14-16-27)21-10-3-4-11-22(21)28(30)31/h2-12,17H,13-16H2,1H3,(H,25,29). The normalized spacial score (nSPS) is 13.5. The Bertz CT molecular complexity index is 1130. The lowest BCUT2D eigenvalue weighted by atomic mass is 10.2. The molecule has 1 saturated heterocycles. The SMILES string of the molecule is Cc1cccc(Oc2ccccc2NC(=O)N2CCN(c3ccccc3[N+](=O)[O-])CC2)c1. The molecule has 3 aromatic rings. The number of urea groups is 1. The van der Waals surface area contributed by atoms with Gasteiger partial charge in [0, 0.05) is 32.2 Å². The van der Waals surface area contributed by atoms with Gasteiger partial charge >= 0.3 is 6.03 Å². The number of hydrogen-bond donors (Lipinski definition) is 1. The van der Waals surface area contributed by atoms with Crippen LogP contribution in [0.15, 0.2) is 72.8 Å². The quantitative estimate of drug-likeness (QED) is 0.450. The summed E-state index contributed by atoms with van der Waals surface area (Å²) in [6, 6.07) is 21.5. The number of anilines is 2. The van der Waals surface area contributed by atoms with E-state index in [4.69, 9.17) is 4.74 Å². The molecule has 4 rings (SSSR count). The first-order valence-corrected chi connectivity index (χ1v) is 10.4. The summed E-state index contributed by atoms with van der Waals surface area (Å²) in [5, 5.41) is 14.2. The molecule has 0 aromatic heterocycles. The molecule has 3 aromatic carbocycles. The van der Waals surface area contributed by atoms with E-state index in [1.54, 1.807) is 29.2 Å². The van der Waals surface area contributed by atoms with Gasteiger partial charge in [-0.05, 0) is 42.8 Å². The molecule has 1 fully saturated rings. The highest BCUT2D eigenvalue weighted by atomic mass is 16.6. The Kier molecular flexibility index (Phi) is 6.21. The van der Waals surface area contributed by atoms with Crippen LogP contribution in [-0.2, 0) is 0 Å². The van der Waals surface area contributed by atoms with E-state index >= 15 is 0 Å². The zero-order valence-electron chi connectivity index (χ0n) is 17.7. The van der Waals surface area contributed by atoms with Crippen molar-refractivity contribution in [2.45, 2.75) is 6.92 Å². The van der Waals surface area contributed by atoms with Gasteiger partial charge in [-0.15, -0.1) is 0 Å². The number of rotatable bonds is 5. The summed E-state index contributed by atoms with van der Waals surface area (Å²) in [5.74, 6) is 1.26. The lowest BCUT2D eigenvalue weighted by molar-refractivity contribution is -0.384. The number of carbonyl (C=O) groups is 1. The van der Waals surface area contributed by atoms with Gasteiger partial charge in [0.1, 0.15) is 11.4 Å². The van der Waals surface area contributed by atoms with Crippen LogP contribution in [0.2, 0.25) is 0 Å². The third-order valence-electron chi connectivity index (χ3n) is 5.33. The molecule has 8 nitrogen and oxygen atoms in total. The second kappa shape index (κ2) is 9.38. The number of carbonyl (C=O) groups excluding carboxylic acids is 1. The third kappa shape index (κ3) is 4.80. The number of nitrogens with zero attached hydrogens (tertiary/aromatic N) is 3. The van der Waals surface area contributed by atoms with Gasteiger partial charge in [-0.3, -0.25) is 10.1 Å². The number of hydrogen-bond acceptors (Lipinski definition) is 5. The van der Waals surface area contributed by atoms with Crippen LogP contribution in [0.4, 0.5) is 21.9 Å². The van der Waals surface area contributed by atoms with Gasteiger partial charge in [-0.25, -0.2) is 4.79 Å². The van der Waals surface area contributed by atoms with Crippen LogP contribution in [0.25, 0.3) is 0 Å². The Morgan fingerprint density at radius 1 is 0.969 bits per heavy atom. The summed E-state index contributed by atoms with van der Waals surface area (Å²) in [5.41, 5.74) is 2.32. The van der Waals surface area contributed by atoms with Gasteiger partial charge < -0.3 is 19.9 Å². The molecule has 0 spiro atoms. The highest BCUT2D eigenvalue weighted by Gasteiger charge is 2.25. The van der Waals surface area contributed by atoms with Crippen molar-refractivity contribution >= 4 is 23.1 Å². The Hall–Kier alpha value is -4.07. The Labute approximate surface area is 186 Å². The van der Waals surface area contributed by atoms with Crippen molar-refractivity contribution in [1.82, 2.24) is 4.90 Å². The van der Waals surface area contributed by atoms with Crippen LogP contribution in [0, 0.1) is 17.0 Å². The molecule has 0 saturated carbocycles. The van der Waals surface area contributed by atoms with Crippen molar-refractivity contribution in [2.24, 2.45) is 0 Å². The zero-order chi connectivity index (χ0) is 22.5. The van der Waals surface area contributed by atoms with Crippen molar-refractivity contribution < 1.29 is 14.5 Å². The topological polar surface area (TPSA) is 88.0 Å². The largest absolute Gasteiger partial charge is 0.455 e. The monoisotopic (exact) mass is 432 g/mol. The van der Waals surface area contributed by atoms with Crippen LogP contribution in [-0.4, -0.2) is 42.0 Å². The third-order valence-corrected chi connectivity index (χ3v) is 5.33. The minimum absolute atomic E-state index is 0.0765. The molecule has 1 aliphatic rings. The van der Waals surface area contributed by atoms with Crippen LogP contribution < -0.4 is 15.0 Å². The molecule has 164 valence electrons. The Balaban J connectivity index is 1.40. The van der Waals surface area contributed by atoms with Gasteiger partial charge in [0.25, 0.3) is 5.69 Å². The average molecular weight is 432 g/mol. The average Bonchev–Trinajstić information content (AvgIpc) is 2.80. The molecule has 0 radical (unpaired) electrons. The first-order chi connectivity index (χ1) is 15.5. The van der Waals surface area contributed by atoms with Crippen LogP contribution >= 0.6 is 0 Å². The molecular formula is C24H24N4O4. The molecule has 1 heterocycles. The summed E-state index contributed by atoms with van der Waals surface area (Å²) < 4.78 is 5.98. The number of aryl methyl sites for hydroxylation is 1. The second-order valence-electron chi connectivity index (χ2n) is 7.56. The van der Waals surface area contributed by atoms with E-state index in [1.807, 2.05) is 54.3 Å². The van der Waals surface area contributed by atoms with Crippen molar-refractivity contribution in [1.29, 1.82) is 0 Å². The molecule has 0 atom stereocenters. The lowest BCUT2D eigenvalue weighted by Crippen LogP contribution is -2.50. The molecule has 1 N–H and O–H groups in total. The van der Waals surface area contributed by atoms with Gasteiger partial charge in [-0.2, -0.15) is 0 Å². The first kappa shape index (κ1) is 21.2. The van der Waals surface area contributed by atoms with Crippen molar-refractivity contribution in [3.63, 3.8) is 0 Å². The summed E-state index contributed by atoms with van der Waals surface area (Å²) in [4.78, 5) is 27.5. The maximum atomic E-state index is 12.9. The molecular weight excluding hydrogens is 408 g/mol. The molecule has 0 unspecified atom stereocenters. The smallest absolute Gasteiger partial charge is 0.322 e. The minimum Gasteiger partial charge on any atom is -0.455 e. The van der Waals surface area contributed by atoms with Crippen LogP contribution in [0.3, 0.4) is 0 Å². The Morgan fingerprint density at radius 3 is 2.44 bits per heavy atom. The van der Waals surface area contributed by atoms with E-state index in [0.29, 0.717) is 49.1 Å². The fourth-order valence-corrected chi connectivity index (χ4v) is 3.70. The van der Waals surface area contributed by atoms with Crippen molar-refractivity contribution in [3.8, 4) is 11.5 Å². The van der Waals surface area contributed by atoms with E-state index in [1.165, 1.54) is 6.07 Å². The molecule has 8 heteroatoms. The highest BCUT2D eigenvalue weighted by Crippen LogP contribution is 2.31. The molecule has 2 amide bonds. The van der Waals surface area contributed by atoms with E-state index in [2.05, 4.69) is 5.32 Å². The summed E-state index contributed by atoms with van der Waals surface area (Å²) in [6.45, 7) is 3.93. The fraction of sp³-hybridized carbons (Fsp3) is 0.208. The molecule has 32 heavy (non-hydrogen) atoms. The number of nitro benzene ring substituents is 1. The van der Waals surface area contributed by atoms with Crippen molar-refractivity contribution in [2.75, 3.05) is 36.4 Å². The summed E-state index contributed by atoms with van der Waals surface area (Å²) >= 11 is 0. The van der Waals surface area contributed by atoms with E-state index in [0.717, 1.165) is 5.56 Å². The first-order valence-electron chi connectivity index (χ1n) is 10.4. The fourth-order valence-electron chi connectivity index (χ4n) is 3.70. The Morgan fingerprint density at radius 2 is 1.69 bits per heavy atom. The molecule has 1 aliphatic heterocycles. The predicted molar refractivity (Wildman–Crippen MR) is 124 cm³/mol. The summed E-state index contributed by atoms with van der Waals surface area (Å²) in [6.07, 6.45) is 0. The number of nitrogens with one attached hydrogen (secondary N) is 1. The summed E-state index contributed by atoms with van der Waals surface area (Å²) in [7, 11) is 0. The second-order valence-corrected chi connectivity index (χ2v) is 7.56. The maximum Gasteiger partial charge on any atom is 0.322 e. The van der Waals surface area contributed by atoms with Crippen molar-refractivity contribution in [3.05, 3.63) is 88.5 Å². The predicted octanol–water partition coefficient (Wildman–Crippen LogP) is 5.05. The lowest BCUT2D eigenvalue weighted by Gasteiger charge is -2.35. The minimum atomic E-state index is -0.375. The highest BCUT2D eigenvalue weighted by molar-refractivity contribution is 5.91. The molecule has 0 bridgehead atoms. The van der Waals surface area contributed by atoms with Gasteiger partial charge in [0.15, 0.2) is 5.75 Å². The van der Waals surface area contributed by atoms with E-state index in [-0.39, 0.29) is 16.6 Å². The van der Waals surface area contributed by atoms with Crippen LogP contribution in [0.5, 0.6) is 11.5 Å². The number of nitro groups is 1. The van der Waals surface area contributed by atoms with E-state index in [9.17, 15) is 14.9 Å². The number of amides is 2. The number of piperazine rings is 1. The van der Waals surface area contributed by atoms with Gasteiger partial charge in [-0.1, -0.05) is 36.4 Å². The van der Waals surface area contributed by atoms with Crippen LogP contribution in [0.1, 0.15) is 5.56 Å². The van der Waals surface area contributed by atoms with Gasteiger partial charge in [0.05, 0.1) is 10.6 Å². The number of para-hydroxylation sites is 4. The van der Waals surface area contributed by atoms with E-state index < -0.39 is 0 Å². The molecule has 0 aliphatic carbocycles. The number of benzene rings is 3. The zero-order valence-corrected chi connectivity index (χ0v) is 17.7. The van der Waals surface area contributed by atoms with Gasteiger partial charge in [0.2, 0.25) is 0 Å². The number of ether oxygens (including phenoxy) is 1. The maximum absolute atomic E-state index is 12.9.